The molecule has 0 amide bonds. The first kappa shape index (κ1) is 14.2. The molecule has 1 aliphatic rings. The fraction of sp³-hybridized carbons (Fsp3) is 0.143. The Labute approximate surface area is 124 Å². The molecule has 1 heterocycles. The summed E-state index contributed by atoms with van der Waals surface area (Å²) in [7, 11) is 0. The van der Waals surface area contributed by atoms with Crippen molar-refractivity contribution in [3.8, 4) is 0 Å². The van der Waals surface area contributed by atoms with Gasteiger partial charge in [-0.05, 0) is 41.2 Å². The third-order valence-electron chi connectivity index (χ3n) is 2.67. The van der Waals surface area contributed by atoms with Gasteiger partial charge in [0, 0.05) is 9.14 Å². The standard InChI is InChI=1S/C14H12F2INO/c1-9-8-12(17)10(2)18(19-14(15)16)13(9)11-6-4-3-5-7-11/h3-8,14H,2H2,1H3. The van der Waals surface area contributed by atoms with E-state index in [-0.39, 0.29) is 0 Å². The maximum Gasteiger partial charge on any atom is 0.365 e. The number of hydroxylamine groups is 2. The van der Waals surface area contributed by atoms with Crippen molar-refractivity contribution in [2.45, 2.75) is 13.5 Å². The highest BCUT2D eigenvalue weighted by Gasteiger charge is 2.26. The zero-order valence-electron chi connectivity index (χ0n) is 10.2. The average Bonchev–Trinajstić information content (AvgIpc) is 2.36. The fourth-order valence-electron chi connectivity index (χ4n) is 1.87. The summed E-state index contributed by atoms with van der Waals surface area (Å²) in [5.74, 6) is 0. The van der Waals surface area contributed by atoms with Crippen LogP contribution in [0.15, 0.2) is 57.8 Å². The molecule has 0 unspecified atom stereocenters. The van der Waals surface area contributed by atoms with Crippen LogP contribution in [-0.4, -0.2) is 11.7 Å². The van der Waals surface area contributed by atoms with Crippen molar-refractivity contribution in [2.24, 2.45) is 0 Å². The molecule has 19 heavy (non-hydrogen) atoms. The SMILES string of the molecule is C=C1C(I)=CC(C)=C(c2ccccc2)N1OC(F)F. The van der Waals surface area contributed by atoms with Crippen molar-refractivity contribution in [3.63, 3.8) is 0 Å². The molecule has 0 saturated carbocycles. The molecule has 1 aliphatic heterocycles. The van der Waals surface area contributed by atoms with Gasteiger partial charge in [-0.25, -0.2) is 5.06 Å². The van der Waals surface area contributed by atoms with Crippen LogP contribution in [0.25, 0.3) is 5.70 Å². The number of nitrogens with zero attached hydrogens (tertiary/aromatic N) is 1. The lowest BCUT2D eigenvalue weighted by Gasteiger charge is -2.31. The first-order valence-electron chi connectivity index (χ1n) is 5.58. The Morgan fingerprint density at radius 1 is 1.26 bits per heavy atom. The van der Waals surface area contributed by atoms with Gasteiger partial charge < -0.3 is 0 Å². The molecule has 1 aromatic carbocycles. The molecule has 0 spiro atoms. The summed E-state index contributed by atoms with van der Waals surface area (Å²) >= 11 is 2.05. The zero-order chi connectivity index (χ0) is 14.0. The van der Waals surface area contributed by atoms with E-state index in [2.05, 4.69) is 34.0 Å². The molecular formula is C14H12F2INO. The quantitative estimate of drug-likeness (QED) is 0.709. The van der Waals surface area contributed by atoms with Crippen molar-refractivity contribution in [3.05, 3.63) is 63.4 Å². The van der Waals surface area contributed by atoms with E-state index >= 15 is 0 Å². The Kier molecular flexibility index (Phi) is 4.36. The van der Waals surface area contributed by atoms with E-state index in [0.29, 0.717) is 11.4 Å². The molecule has 0 atom stereocenters. The first-order chi connectivity index (χ1) is 9.00. The summed E-state index contributed by atoms with van der Waals surface area (Å²) in [4.78, 5) is 4.61. The molecule has 5 heteroatoms. The number of benzene rings is 1. The van der Waals surface area contributed by atoms with Gasteiger partial charge in [0.1, 0.15) is 0 Å². The second-order valence-corrected chi connectivity index (χ2v) is 5.16. The van der Waals surface area contributed by atoms with Crippen molar-refractivity contribution in [2.75, 3.05) is 0 Å². The lowest BCUT2D eigenvalue weighted by Crippen LogP contribution is -2.27. The predicted octanol–water partition coefficient (Wildman–Crippen LogP) is 4.72. The highest BCUT2D eigenvalue weighted by atomic mass is 127. The monoisotopic (exact) mass is 375 g/mol. The largest absolute Gasteiger partial charge is 0.365 e. The molecule has 0 N–H and O–H groups in total. The maximum atomic E-state index is 12.6. The second-order valence-electron chi connectivity index (χ2n) is 4.00. The summed E-state index contributed by atoms with van der Waals surface area (Å²) in [5.41, 5.74) is 2.65. The van der Waals surface area contributed by atoms with Gasteiger partial charge in [-0.2, -0.15) is 13.6 Å². The molecule has 0 saturated heterocycles. The van der Waals surface area contributed by atoms with E-state index in [1.54, 1.807) is 0 Å². The highest BCUT2D eigenvalue weighted by Crippen LogP contribution is 2.37. The number of alkyl halides is 2. The Morgan fingerprint density at radius 2 is 1.89 bits per heavy atom. The van der Waals surface area contributed by atoms with Crippen molar-refractivity contribution in [1.82, 2.24) is 5.06 Å². The fourth-order valence-corrected chi connectivity index (χ4v) is 2.56. The summed E-state index contributed by atoms with van der Waals surface area (Å²) in [6.45, 7) is 2.76. The molecule has 0 aliphatic carbocycles. The maximum absolute atomic E-state index is 12.6. The molecule has 0 aromatic heterocycles. The van der Waals surface area contributed by atoms with Gasteiger partial charge in [-0.3, -0.25) is 0 Å². The zero-order valence-corrected chi connectivity index (χ0v) is 12.4. The number of hydrogen-bond donors (Lipinski definition) is 0. The molecule has 0 radical (unpaired) electrons. The summed E-state index contributed by atoms with van der Waals surface area (Å²) in [5, 5.41) is 1.11. The van der Waals surface area contributed by atoms with E-state index in [9.17, 15) is 8.78 Å². The number of allylic oxidation sites excluding steroid dienone is 3. The van der Waals surface area contributed by atoms with Crippen LogP contribution >= 0.6 is 22.6 Å². The predicted molar refractivity (Wildman–Crippen MR) is 79.2 cm³/mol. The molecule has 0 fully saturated rings. The Bertz CT molecular complexity index is 552. The van der Waals surface area contributed by atoms with E-state index in [0.717, 1.165) is 19.8 Å². The molecule has 2 rings (SSSR count). The topological polar surface area (TPSA) is 12.5 Å². The van der Waals surface area contributed by atoms with Crippen molar-refractivity contribution < 1.29 is 13.6 Å². The van der Waals surface area contributed by atoms with Gasteiger partial charge >= 0.3 is 6.61 Å². The van der Waals surface area contributed by atoms with Gasteiger partial charge in [0.2, 0.25) is 0 Å². The number of halogens is 3. The molecular weight excluding hydrogens is 363 g/mol. The smallest absolute Gasteiger partial charge is 0.215 e. The van der Waals surface area contributed by atoms with Crippen LogP contribution in [0.4, 0.5) is 8.78 Å². The van der Waals surface area contributed by atoms with Gasteiger partial charge in [0.25, 0.3) is 0 Å². The average molecular weight is 375 g/mol. The van der Waals surface area contributed by atoms with Crippen molar-refractivity contribution >= 4 is 28.3 Å². The third-order valence-corrected chi connectivity index (χ3v) is 3.61. The summed E-state index contributed by atoms with van der Waals surface area (Å²) < 4.78 is 25.9. The van der Waals surface area contributed by atoms with Crippen LogP contribution in [0.1, 0.15) is 12.5 Å². The van der Waals surface area contributed by atoms with E-state index in [1.165, 1.54) is 0 Å². The van der Waals surface area contributed by atoms with Gasteiger partial charge in [-0.15, -0.1) is 0 Å². The minimum atomic E-state index is -2.90. The normalized spacial score (nSPS) is 16.2. The Morgan fingerprint density at radius 3 is 2.47 bits per heavy atom. The van der Waals surface area contributed by atoms with Crippen LogP contribution in [0.3, 0.4) is 0 Å². The molecule has 2 nitrogen and oxygen atoms in total. The minimum Gasteiger partial charge on any atom is -0.215 e. The highest BCUT2D eigenvalue weighted by molar-refractivity contribution is 14.1. The van der Waals surface area contributed by atoms with Crippen LogP contribution in [0.2, 0.25) is 0 Å². The molecule has 100 valence electrons. The lowest BCUT2D eigenvalue weighted by atomic mass is 10.0. The first-order valence-corrected chi connectivity index (χ1v) is 6.66. The molecule has 1 aromatic rings. The summed E-state index contributed by atoms with van der Waals surface area (Å²) in [6.07, 6.45) is 1.90. The van der Waals surface area contributed by atoms with Gasteiger partial charge in [-0.1, -0.05) is 36.9 Å². The van der Waals surface area contributed by atoms with Gasteiger partial charge in [0.15, 0.2) is 0 Å². The van der Waals surface area contributed by atoms with Gasteiger partial charge in [0.05, 0.1) is 11.4 Å². The number of hydrogen-bond acceptors (Lipinski definition) is 2. The van der Waals surface area contributed by atoms with Crippen LogP contribution in [0.5, 0.6) is 0 Å². The summed E-state index contributed by atoms with van der Waals surface area (Å²) in [6, 6.07) is 9.26. The van der Waals surface area contributed by atoms with E-state index in [4.69, 9.17) is 0 Å². The Hall–Kier alpha value is -1.21. The van der Waals surface area contributed by atoms with Crippen LogP contribution < -0.4 is 0 Å². The minimum absolute atomic E-state index is 0.408. The second kappa shape index (κ2) is 5.83. The number of rotatable bonds is 3. The van der Waals surface area contributed by atoms with Crippen molar-refractivity contribution in [1.29, 1.82) is 0 Å². The van der Waals surface area contributed by atoms with E-state index < -0.39 is 6.61 Å². The third kappa shape index (κ3) is 3.03. The lowest BCUT2D eigenvalue weighted by molar-refractivity contribution is -0.239. The van der Waals surface area contributed by atoms with E-state index in [1.807, 2.05) is 43.3 Å². The van der Waals surface area contributed by atoms with Crippen LogP contribution in [-0.2, 0) is 4.84 Å². The van der Waals surface area contributed by atoms with Crippen LogP contribution in [0, 0.1) is 0 Å². The Balaban J connectivity index is 2.51. The molecule has 0 bridgehead atoms.